The Labute approximate surface area is 486 Å². The lowest BCUT2D eigenvalue weighted by Gasteiger charge is -2.18. The van der Waals surface area contributed by atoms with E-state index in [1.54, 1.807) is 0 Å². The second-order valence-corrected chi connectivity index (χ2v) is 23.8. The summed E-state index contributed by atoms with van der Waals surface area (Å²) in [6, 6.07) is 0. The van der Waals surface area contributed by atoms with Crippen LogP contribution in [-0.2, 0) is 28.6 Å². The third-order valence-electron chi connectivity index (χ3n) is 15.9. The van der Waals surface area contributed by atoms with Crippen molar-refractivity contribution in [1.29, 1.82) is 0 Å². The molecule has 0 spiro atoms. The Hall–Kier alpha value is -2.37. The van der Waals surface area contributed by atoms with E-state index in [2.05, 4.69) is 57.2 Å². The Morgan fingerprint density at radius 2 is 0.462 bits per heavy atom. The molecule has 0 amide bonds. The Morgan fingerprint density at radius 3 is 0.744 bits per heavy atom. The van der Waals surface area contributed by atoms with E-state index in [0.29, 0.717) is 19.3 Å². The van der Waals surface area contributed by atoms with Crippen LogP contribution in [0.3, 0.4) is 0 Å². The fourth-order valence-corrected chi connectivity index (χ4v) is 10.6. The van der Waals surface area contributed by atoms with Crippen molar-refractivity contribution in [1.82, 2.24) is 0 Å². The lowest BCUT2D eigenvalue weighted by atomic mass is 10.0. The minimum atomic E-state index is -0.774. The standard InChI is InChI=1S/C72H134O6/c1-4-7-10-13-16-19-22-25-28-31-34-35-36-39-41-44-47-50-53-56-59-62-65-71(74)77-68-69(78-72(75)66-63-60-57-54-51-48-45-42-38-33-30-27-24-21-18-15-12-9-6-3)67-76-70(73)64-61-58-55-52-49-46-43-40-37-32-29-26-23-20-17-14-11-8-5-2/h18,21,26-27,29-30,69H,4-17,19-20,22-25,28,31-68H2,1-3H3/b21-18-,29-26-,30-27-. The van der Waals surface area contributed by atoms with Gasteiger partial charge in [0.15, 0.2) is 6.10 Å². The van der Waals surface area contributed by atoms with Crippen molar-refractivity contribution >= 4 is 17.9 Å². The summed E-state index contributed by atoms with van der Waals surface area (Å²) in [5.74, 6) is -0.846. The van der Waals surface area contributed by atoms with Crippen molar-refractivity contribution < 1.29 is 28.6 Å². The molecule has 1 atom stereocenters. The van der Waals surface area contributed by atoms with Gasteiger partial charge in [-0.05, 0) is 77.0 Å². The second kappa shape index (κ2) is 67.1. The number of allylic oxidation sites excluding steroid dienone is 6. The van der Waals surface area contributed by atoms with E-state index in [0.717, 1.165) is 64.2 Å². The Balaban J connectivity index is 4.31. The van der Waals surface area contributed by atoms with Crippen molar-refractivity contribution in [2.24, 2.45) is 0 Å². The molecule has 1 unspecified atom stereocenters. The van der Waals surface area contributed by atoms with Gasteiger partial charge in [0.05, 0.1) is 0 Å². The maximum absolute atomic E-state index is 13.0. The summed E-state index contributed by atoms with van der Waals surface area (Å²) >= 11 is 0. The second-order valence-electron chi connectivity index (χ2n) is 23.8. The molecule has 0 saturated carbocycles. The smallest absolute Gasteiger partial charge is 0.306 e. The molecule has 458 valence electrons. The number of carbonyl (C=O) groups is 3. The highest BCUT2D eigenvalue weighted by Gasteiger charge is 2.19. The molecule has 0 fully saturated rings. The molecule has 0 aliphatic heterocycles. The Kier molecular flexibility index (Phi) is 65.1. The molecule has 78 heavy (non-hydrogen) atoms. The van der Waals surface area contributed by atoms with Gasteiger partial charge in [0, 0.05) is 19.3 Å². The Bertz CT molecular complexity index is 1300. The normalized spacial score (nSPS) is 12.2. The van der Waals surface area contributed by atoms with E-state index in [9.17, 15) is 14.4 Å². The molecule has 0 N–H and O–H groups in total. The molecule has 0 aromatic rings. The third kappa shape index (κ3) is 64.5. The van der Waals surface area contributed by atoms with Crippen LogP contribution in [0.5, 0.6) is 0 Å². The Morgan fingerprint density at radius 1 is 0.256 bits per heavy atom. The fraction of sp³-hybridized carbons (Fsp3) is 0.875. The van der Waals surface area contributed by atoms with Crippen LogP contribution in [0.1, 0.15) is 387 Å². The zero-order valence-electron chi connectivity index (χ0n) is 52.7. The average Bonchev–Trinajstić information content (AvgIpc) is 3.44. The maximum atomic E-state index is 13.0. The third-order valence-corrected chi connectivity index (χ3v) is 15.9. The van der Waals surface area contributed by atoms with Crippen LogP contribution in [0.2, 0.25) is 0 Å². The molecule has 0 radical (unpaired) electrons. The number of esters is 3. The quantitative estimate of drug-likeness (QED) is 0.0261. The molecule has 0 aliphatic rings. The lowest BCUT2D eigenvalue weighted by Crippen LogP contribution is -2.30. The van der Waals surface area contributed by atoms with Gasteiger partial charge in [-0.15, -0.1) is 0 Å². The van der Waals surface area contributed by atoms with Crippen molar-refractivity contribution in [3.8, 4) is 0 Å². The first-order valence-electron chi connectivity index (χ1n) is 35.0. The van der Waals surface area contributed by atoms with Gasteiger partial charge in [0.1, 0.15) is 13.2 Å². The number of unbranched alkanes of at least 4 members (excludes halogenated alkanes) is 48. The summed E-state index contributed by atoms with van der Waals surface area (Å²) in [6.45, 7) is 6.69. The lowest BCUT2D eigenvalue weighted by molar-refractivity contribution is -0.167. The first-order valence-corrected chi connectivity index (χ1v) is 35.0. The summed E-state index contributed by atoms with van der Waals surface area (Å²) in [6.07, 6.45) is 83.0. The van der Waals surface area contributed by atoms with Crippen molar-refractivity contribution in [3.05, 3.63) is 36.5 Å². The van der Waals surface area contributed by atoms with Gasteiger partial charge < -0.3 is 14.2 Å². The minimum Gasteiger partial charge on any atom is -0.462 e. The van der Waals surface area contributed by atoms with Crippen LogP contribution in [0, 0.1) is 0 Å². The minimum absolute atomic E-state index is 0.0695. The van der Waals surface area contributed by atoms with Crippen LogP contribution >= 0.6 is 0 Å². The van der Waals surface area contributed by atoms with Gasteiger partial charge in [-0.1, -0.05) is 327 Å². The molecular weight excluding hydrogens is 961 g/mol. The van der Waals surface area contributed by atoms with E-state index < -0.39 is 6.10 Å². The summed E-state index contributed by atoms with van der Waals surface area (Å²) in [7, 11) is 0. The number of hydrogen-bond donors (Lipinski definition) is 0. The van der Waals surface area contributed by atoms with E-state index in [4.69, 9.17) is 14.2 Å². The van der Waals surface area contributed by atoms with E-state index >= 15 is 0 Å². The van der Waals surface area contributed by atoms with Crippen LogP contribution in [0.25, 0.3) is 0 Å². The van der Waals surface area contributed by atoms with Crippen molar-refractivity contribution in [3.63, 3.8) is 0 Å². The highest BCUT2D eigenvalue weighted by Crippen LogP contribution is 2.18. The van der Waals surface area contributed by atoms with E-state index in [1.165, 1.54) is 283 Å². The van der Waals surface area contributed by atoms with Gasteiger partial charge >= 0.3 is 17.9 Å². The van der Waals surface area contributed by atoms with Crippen LogP contribution < -0.4 is 0 Å². The molecule has 0 heterocycles. The van der Waals surface area contributed by atoms with E-state index in [1.807, 2.05) is 0 Å². The largest absolute Gasteiger partial charge is 0.462 e. The fourth-order valence-electron chi connectivity index (χ4n) is 10.6. The number of rotatable bonds is 65. The number of carbonyl (C=O) groups excluding carboxylic acids is 3. The van der Waals surface area contributed by atoms with Gasteiger partial charge in [-0.3, -0.25) is 14.4 Å². The molecule has 0 aromatic heterocycles. The SMILES string of the molecule is CCCCC/C=C\C/C=C\CCCCCCCCCCCC(=O)OC(COC(=O)CCCCCCCCCCC/C=C\CCCCCCCC)COC(=O)CCCCCCCCCCCCCCCCCCCCCCCC. The number of ether oxygens (including phenoxy) is 3. The molecule has 6 nitrogen and oxygen atoms in total. The molecular formula is C72H134O6. The molecule has 0 rings (SSSR count). The summed E-state index contributed by atoms with van der Waals surface area (Å²) in [4.78, 5) is 38.5. The van der Waals surface area contributed by atoms with Gasteiger partial charge in [-0.2, -0.15) is 0 Å². The first kappa shape index (κ1) is 75.6. The maximum Gasteiger partial charge on any atom is 0.306 e. The molecule has 0 saturated heterocycles. The molecule has 0 bridgehead atoms. The molecule has 0 aliphatic carbocycles. The topological polar surface area (TPSA) is 78.9 Å². The predicted molar refractivity (Wildman–Crippen MR) is 339 cm³/mol. The van der Waals surface area contributed by atoms with Gasteiger partial charge in [-0.25, -0.2) is 0 Å². The van der Waals surface area contributed by atoms with Crippen LogP contribution in [0.15, 0.2) is 36.5 Å². The summed E-state index contributed by atoms with van der Waals surface area (Å²) in [5.41, 5.74) is 0. The molecule has 0 aromatic carbocycles. The summed E-state index contributed by atoms with van der Waals surface area (Å²) in [5, 5.41) is 0. The monoisotopic (exact) mass is 1100 g/mol. The number of hydrogen-bond acceptors (Lipinski definition) is 6. The summed E-state index contributed by atoms with van der Waals surface area (Å²) < 4.78 is 17.0. The zero-order chi connectivity index (χ0) is 56.4. The van der Waals surface area contributed by atoms with E-state index in [-0.39, 0.29) is 31.1 Å². The van der Waals surface area contributed by atoms with Gasteiger partial charge in [0.2, 0.25) is 0 Å². The average molecular weight is 1100 g/mol. The first-order chi connectivity index (χ1) is 38.5. The zero-order valence-corrected chi connectivity index (χ0v) is 52.7. The van der Waals surface area contributed by atoms with Crippen molar-refractivity contribution in [2.45, 2.75) is 393 Å². The van der Waals surface area contributed by atoms with Crippen LogP contribution in [0.4, 0.5) is 0 Å². The van der Waals surface area contributed by atoms with Crippen LogP contribution in [-0.4, -0.2) is 37.2 Å². The highest BCUT2D eigenvalue weighted by atomic mass is 16.6. The highest BCUT2D eigenvalue weighted by molar-refractivity contribution is 5.71. The van der Waals surface area contributed by atoms with Gasteiger partial charge in [0.25, 0.3) is 0 Å². The predicted octanol–water partition coefficient (Wildman–Crippen LogP) is 23.9. The molecule has 6 heteroatoms. The van der Waals surface area contributed by atoms with Crippen molar-refractivity contribution in [2.75, 3.05) is 13.2 Å².